The number of nitrogens with zero attached hydrogens (tertiary/aromatic N) is 6. The van der Waals surface area contributed by atoms with Crippen LogP contribution >= 0.6 is 0 Å². The fourth-order valence-corrected chi connectivity index (χ4v) is 2.78. The van der Waals surface area contributed by atoms with Gasteiger partial charge in [0.15, 0.2) is 5.82 Å². The van der Waals surface area contributed by atoms with Crippen molar-refractivity contribution in [2.75, 3.05) is 11.9 Å². The second-order valence-corrected chi connectivity index (χ2v) is 6.69. The van der Waals surface area contributed by atoms with Crippen LogP contribution in [0.2, 0.25) is 0 Å². The van der Waals surface area contributed by atoms with Crippen molar-refractivity contribution in [2.24, 2.45) is 10.2 Å². The monoisotopic (exact) mass is 392 g/mol. The number of quaternary nitrogens is 1. The van der Waals surface area contributed by atoms with Gasteiger partial charge in [-0.2, -0.15) is 10.4 Å². The van der Waals surface area contributed by atoms with Crippen molar-refractivity contribution in [2.45, 2.75) is 26.4 Å². The van der Waals surface area contributed by atoms with E-state index in [2.05, 4.69) is 37.0 Å². The lowest BCUT2D eigenvalue weighted by Crippen LogP contribution is -2.83. The molecule has 0 aliphatic carbocycles. The Morgan fingerprint density at radius 3 is 3.00 bits per heavy atom. The molecule has 3 aromatic rings. The van der Waals surface area contributed by atoms with Crippen LogP contribution in [0.15, 0.2) is 53.1 Å². The fraction of sp³-hybridized carbons (Fsp3) is 0.263. The molecular weight excluding hydrogens is 368 g/mol. The maximum absolute atomic E-state index is 8.73. The Hall–Kier alpha value is -3.68. The third-order valence-corrected chi connectivity index (χ3v) is 4.06. The first-order chi connectivity index (χ1) is 14.1. The van der Waals surface area contributed by atoms with Crippen LogP contribution in [0.4, 0.5) is 11.5 Å². The number of hydrogen-bond acceptors (Lipinski definition) is 6. The number of anilines is 2. The van der Waals surface area contributed by atoms with Crippen molar-refractivity contribution < 1.29 is 11.0 Å². The van der Waals surface area contributed by atoms with Gasteiger partial charge in [-0.15, -0.1) is 5.53 Å². The minimum absolute atomic E-state index is 0.272. The van der Waals surface area contributed by atoms with Crippen molar-refractivity contribution in [1.29, 1.82) is 5.26 Å². The molecule has 2 heterocycles. The van der Waals surface area contributed by atoms with Gasteiger partial charge in [-0.25, -0.2) is 14.9 Å². The number of fused-ring (bicyclic) bond motifs is 1. The fourth-order valence-electron chi connectivity index (χ4n) is 2.78. The molecule has 0 atom stereocenters. The Kier molecular flexibility index (Phi) is 6.57. The van der Waals surface area contributed by atoms with Crippen molar-refractivity contribution in [1.82, 2.24) is 19.9 Å². The van der Waals surface area contributed by atoms with Crippen molar-refractivity contribution in [3.05, 3.63) is 54.0 Å². The Labute approximate surface area is 168 Å². The minimum atomic E-state index is 0.272. The van der Waals surface area contributed by atoms with Crippen molar-refractivity contribution in [3.8, 4) is 6.07 Å². The number of amidine groups is 1. The number of nitrogens with two attached hydrogens (primary N) is 2. The maximum atomic E-state index is 8.73. The summed E-state index contributed by atoms with van der Waals surface area (Å²) < 4.78 is 1.75. The van der Waals surface area contributed by atoms with Crippen molar-refractivity contribution >= 4 is 22.9 Å². The third kappa shape index (κ3) is 4.98. The summed E-state index contributed by atoms with van der Waals surface area (Å²) in [6.45, 7) is 4.89. The van der Waals surface area contributed by atoms with Crippen LogP contribution in [-0.2, 0) is 6.54 Å². The molecule has 10 heteroatoms. The molecule has 6 N–H and O–H groups in total. The number of benzene rings is 1. The lowest BCUT2D eigenvalue weighted by molar-refractivity contribution is -0.689. The van der Waals surface area contributed by atoms with E-state index in [1.54, 1.807) is 9.94 Å². The smallest absolute Gasteiger partial charge is 0.279 e. The lowest BCUT2D eigenvalue weighted by Gasteiger charge is -2.10. The first-order valence-electron chi connectivity index (χ1n) is 9.20. The van der Waals surface area contributed by atoms with E-state index in [1.807, 2.05) is 50.4 Å². The summed E-state index contributed by atoms with van der Waals surface area (Å²) in [6.07, 6.45) is 3.35. The second kappa shape index (κ2) is 9.50. The molecule has 1 aromatic carbocycles. The Bertz CT molecular complexity index is 1060. The zero-order valence-electron chi connectivity index (χ0n) is 16.4. The zero-order valence-corrected chi connectivity index (χ0v) is 16.4. The Morgan fingerprint density at radius 2 is 2.24 bits per heavy atom. The molecule has 148 valence electrons. The van der Waals surface area contributed by atoms with Gasteiger partial charge in [0.05, 0.1) is 12.6 Å². The van der Waals surface area contributed by atoms with Crippen LogP contribution in [-0.4, -0.2) is 33.0 Å². The normalized spacial score (nSPS) is 11.6. The lowest BCUT2D eigenvalue weighted by atomic mass is 10.2. The first-order valence-corrected chi connectivity index (χ1v) is 9.20. The highest BCUT2D eigenvalue weighted by molar-refractivity contribution is 5.99. The van der Waals surface area contributed by atoms with Crippen LogP contribution in [0.5, 0.6) is 0 Å². The van der Waals surface area contributed by atoms with Crippen LogP contribution < -0.4 is 21.6 Å². The van der Waals surface area contributed by atoms with Crippen LogP contribution in [0.1, 0.15) is 25.0 Å². The van der Waals surface area contributed by atoms with Gasteiger partial charge in [0.25, 0.3) is 5.84 Å². The average Bonchev–Trinajstić information content (AvgIpc) is 3.13. The first kappa shape index (κ1) is 20.1. The van der Waals surface area contributed by atoms with Crippen LogP contribution in [0.25, 0.3) is 5.52 Å². The molecule has 10 nitrogen and oxygen atoms in total. The number of nitriles is 1. The largest absolute Gasteiger partial charge is 0.338 e. The third-order valence-electron chi connectivity index (χ3n) is 4.06. The highest BCUT2D eigenvalue weighted by Crippen LogP contribution is 2.23. The van der Waals surface area contributed by atoms with E-state index in [9.17, 15) is 0 Å². The molecule has 0 bridgehead atoms. The minimum Gasteiger partial charge on any atom is -0.338 e. The van der Waals surface area contributed by atoms with Crippen LogP contribution in [0.3, 0.4) is 0 Å². The topological polar surface area (TPSA) is 145 Å². The summed E-state index contributed by atoms with van der Waals surface area (Å²) >= 11 is 0. The predicted octanol–water partition coefficient (Wildman–Crippen LogP) is -0.0692. The van der Waals surface area contributed by atoms with E-state index in [0.717, 1.165) is 22.3 Å². The van der Waals surface area contributed by atoms with Gasteiger partial charge in [-0.3, -0.25) is 0 Å². The van der Waals surface area contributed by atoms with E-state index in [-0.39, 0.29) is 6.54 Å². The molecule has 0 fully saturated rings. The van der Waals surface area contributed by atoms with Crippen LogP contribution in [0, 0.1) is 11.3 Å². The molecule has 0 radical (unpaired) electrons. The van der Waals surface area contributed by atoms with Gasteiger partial charge in [0.2, 0.25) is 0 Å². The number of nitrogens with one attached hydrogen (secondary N) is 2. The molecule has 29 heavy (non-hydrogen) atoms. The second-order valence-electron chi connectivity index (χ2n) is 6.69. The summed E-state index contributed by atoms with van der Waals surface area (Å²) in [4.78, 5) is 4.40. The molecule has 0 amide bonds. The van der Waals surface area contributed by atoms with E-state index < -0.39 is 0 Å². The average molecular weight is 392 g/mol. The Morgan fingerprint density at radius 1 is 1.38 bits per heavy atom. The Balaban J connectivity index is 1.89. The molecule has 2 aromatic heterocycles. The number of hydrogen-bond donors (Lipinski definition) is 4. The van der Waals surface area contributed by atoms with Gasteiger partial charge < -0.3 is 10.6 Å². The highest BCUT2D eigenvalue weighted by Gasteiger charge is 2.12. The van der Waals surface area contributed by atoms with Gasteiger partial charge in [-0.05, 0) is 37.6 Å². The SMILES string of the molecule is CC(C)[NH2+]/N=C(\N=[NH2+])c1cccc(Nc2ncnn3ccc(CNCC#N)c23)c1. The molecule has 0 aliphatic rings. The van der Waals surface area contributed by atoms with Gasteiger partial charge in [-0.1, -0.05) is 17.2 Å². The molecule has 0 unspecified atom stereocenters. The zero-order chi connectivity index (χ0) is 20.6. The highest BCUT2D eigenvalue weighted by atomic mass is 15.3. The van der Waals surface area contributed by atoms with Gasteiger partial charge in [0.1, 0.15) is 17.9 Å². The molecule has 0 saturated heterocycles. The molecule has 0 aliphatic heterocycles. The van der Waals surface area contributed by atoms with Gasteiger partial charge >= 0.3 is 0 Å². The van der Waals surface area contributed by atoms with Crippen molar-refractivity contribution in [3.63, 3.8) is 0 Å². The summed E-state index contributed by atoms with van der Waals surface area (Å²) in [5.74, 6) is 1.12. The predicted molar refractivity (Wildman–Crippen MR) is 108 cm³/mol. The van der Waals surface area contributed by atoms with E-state index >= 15 is 0 Å². The quantitative estimate of drug-likeness (QED) is 0.0806. The van der Waals surface area contributed by atoms with E-state index in [0.29, 0.717) is 24.2 Å². The standard InChI is InChI=1S/C19H22N10/c1-13(2)27-28-18(26-21)14-4-3-5-16(10-14)25-19-17-15(11-22-8-7-20)6-9-29(17)24-12-23-19/h3-6,9-10,12-13,21-22,27H,8,11H2,1-2H3,(H,23,24,25)/p+2/b26-21?,28-18-. The van der Waals surface area contributed by atoms with Gasteiger partial charge in [0, 0.05) is 29.1 Å². The summed E-state index contributed by atoms with van der Waals surface area (Å²) in [7, 11) is 0. The summed E-state index contributed by atoms with van der Waals surface area (Å²) in [5.41, 5.74) is 10.8. The number of aromatic nitrogens is 3. The molecular formula is C19H24N10+2. The molecule has 0 spiro atoms. The molecule has 0 saturated carbocycles. The number of rotatable bonds is 8. The summed E-state index contributed by atoms with van der Waals surface area (Å²) in [6, 6.07) is 12.0. The maximum Gasteiger partial charge on any atom is 0.279 e. The van der Waals surface area contributed by atoms with E-state index in [4.69, 9.17) is 10.8 Å². The van der Waals surface area contributed by atoms with E-state index in [1.165, 1.54) is 6.33 Å². The molecule has 3 rings (SSSR count). The summed E-state index contributed by atoms with van der Waals surface area (Å²) in [5, 5.41) is 27.6.